The Hall–Kier alpha value is -0.0800. The maximum absolute atomic E-state index is 10.1. The van der Waals surface area contributed by atoms with Crippen LogP contribution in [0, 0.1) is 11.8 Å². The molecule has 0 bridgehead atoms. The van der Waals surface area contributed by atoms with Gasteiger partial charge in [0.25, 0.3) is 0 Å². The van der Waals surface area contributed by atoms with Gasteiger partial charge in [-0.3, -0.25) is 0 Å². The van der Waals surface area contributed by atoms with E-state index in [0.717, 1.165) is 31.3 Å². The van der Waals surface area contributed by atoms with Crippen LogP contribution in [0.3, 0.4) is 0 Å². The SMILES string of the molecule is OC1CCCCC(C2CCOC3(CCCCC3)C2)C1. The molecule has 3 unspecified atom stereocenters. The molecule has 1 N–H and O–H groups in total. The Labute approximate surface area is 117 Å². The number of aliphatic hydroxyl groups is 1. The molecule has 1 saturated heterocycles. The van der Waals surface area contributed by atoms with Gasteiger partial charge in [-0.15, -0.1) is 0 Å². The van der Waals surface area contributed by atoms with Crippen molar-refractivity contribution in [1.29, 1.82) is 0 Å². The average molecular weight is 266 g/mol. The quantitative estimate of drug-likeness (QED) is 0.725. The summed E-state index contributed by atoms with van der Waals surface area (Å²) in [5, 5.41) is 10.1. The van der Waals surface area contributed by atoms with E-state index in [0.29, 0.717) is 0 Å². The van der Waals surface area contributed by atoms with Crippen molar-refractivity contribution >= 4 is 0 Å². The van der Waals surface area contributed by atoms with Gasteiger partial charge in [-0.25, -0.2) is 0 Å². The lowest BCUT2D eigenvalue weighted by atomic mass is 9.71. The Kier molecular flexibility index (Phi) is 4.48. The molecule has 0 radical (unpaired) electrons. The second-order valence-electron chi connectivity index (χ2n) is 7.28. The van der Waals surface area contributed by atoms with Gasteiger partial charge in [0.05, 0.1) is 11.7 Å². The molecule has 2 heteroatoms. The lowest BCUT2D eigenvalue weighted by Crippen LogP contribution is -2.43. The monoisotopic (exact) mass is 266 g/mol. The zero-order chi connectivity index (χ0) is 13.1. The van der Waals surface area contributed by atoms with Crippen molar-refractivity contribution in [2.75, 3.05) is 6.61 Å². The highest BCUT2D eigenvalue weighted by molar-refractivity contribution is 4.92. The topological polar surface area (TPSA) is 29.5 Å². The first-order chi connectivity index (χ1) is 9.27. The first-order valence-electron chi connectivity index (χ1n) is 8.59. The highest BCUT2D eigenvalue weighted by Gasteiger charge is 2.41. The van der Waals surface area contributed by atoms with Gasteiger partial charge < -0.3 is 9.84 Å². The predicted octanol–water partition coefficient (Wildman–Crippen LogP) is 4.06. The van der Waals surface area contributed by atoms with Gasteiger partial charge in [-0.05, 0) is 50.4 Å². The van der Waals surface area contributed by atoms with Crippen molar-refractivity contribution in [3.63, 3.8) is 0 Å². The Bertz CT molecular complexity index is 277. The summed E-state index contributed by atoms with van der Waals surface area (Å²) < 4.78 is 6.22. The maximum atomic E-state index is 10.1. The Morgan fingerprint density at radius 3 is 2.47 bits per heavy atom. The maximum Gasteiger partial charge on any atom is 0.0685 e. The molecule has 1 heterocycles. The lowest BCUT2D eigenvalue weighted by molar-refractivity contribution is -0.127. The normalized spacial score (nSPS) is 39.9. The van der Waals surface area contributed by atoms with Crippen LogP contribution in [0.1, 0.15) is 77.0 Å². The van der Waals surface area contributed by atoms with Crippen molar-refractivity contribution in [1.82, 2.24) is 0 Å². The standard InChI is InChI=1S/C17H30O2/c18-16-7-3-2-6-14(12-16)15-8-11-19-17(13-15)9-4-1-5-10-17/h14-16,18H,1-13H2. The van der Waals surface area contributed by atoms with Gasteiger partial charge in [-0.2, -0.15) is 0 Å². The van der Waals surface area contributed by atoms with Crippen molar-refractivity contribution in [2.24, 2.45) is 11.8 Å². The summed E-state index contributed by atoms with van der Waals surface area (Å²) in [6.45, 7) is 0.970. The minimum absolute atomic E-state index is 0.0300. The Morgan fingerprint density at radius 1 is 0.842 bits per heavy atom. The summed E-state index contributed by atoms with van der Waals surface area (Å²) >= 11 is 0. The molecule has 0 aromatic rings. The van der Waals surface area contributed by atoms with E-state index in [1.54, 1.807) is 0 Å². The molecule has 3 fully saturated rings. The largest absolute Gasteiger partial charge is 0.393 e. The first-order valence-corrected chi connectivity index (χ1v) is 8.59. The van der Waals surface area contributed by atoms with Crippen LogP contribution >= 0.6 is 0 Å². The zero-order valence-electron chi connectivity index (χ0n) is 12.3. The van der Waals surface area contributed by atoms with Crippen LogP contribution < -0.4 is 0 Å². The average Bonchev–Trinajstić information content (AvgIpc) is 2.64. The summed E-state index contributed by atoms with van der Waals surface area (Å²) in [6, 6.07) is 0. The molecule has 2 nitrogen and oxygen atoms in total. The highest BCUT2D eigenvalue weighted by Crippen LogP contribution is 2.45. The van der Waals surface area contributed by atoms with Crippen LogP contribution in [0.4, 0.5) is 0 Å². The third-order valence-electron chi connectivity index (χ3n) is 5.90. The predicted molar refractivity (Wildman–Crippen MR) is 77.1 cm³/mol. The van der Waals surface area contributed by atoms with Gasteiger partial charge in [0.1, 0.15) is 0 Å². The molecule has 1 aliphatic heterocycles. The summed E-state index contributed by atoms with van der Waals surface area (Å²) in [5.41, 5.74) is 0.235. The number of ether oxygens (including phenoxy) is 1. The van der Waals surface area contributed by atoms with E-state index in [1.807, 2.05) is 0 Å². The summed E-state index contributed by atoms with van der Waals surface area (Å²) in [4.78, 5) is 0. The van der Waals surface area contributed by atoms with Gasteiger partial charge in [0.15, 0.2) is 0 Å². The number of aliphatic hydroxyl groups excluding tert-OH is 1. The van der Waals surface area contributed by atoms with Crippen LogP contribution in [-0.2, 0) is 4.74 Å². The number of hydrogen-bond acceptors (Lipinski definition) is 2. The van der Waals surface area contributed by atoms with Crippen LogP contribution in [0.15, 0.2) is 0 Å². The smallest absolute Gasteiger partial charge is 0.0685 e. The Morgan fingerprint density at radius 2 is 1.63 bits per heavy atom. The molecule has 2 saturated carbocycles. The van der Waals surface area contributed by atoms with Crippen LogP contribution in [0.25, 0.3) is 0 Å². The molecule has 0 amide bonds. The third kappa shape index (κ3) is 3.33. The van der Waals surface area contributed by atoms with E-state index in [4.69, 9.17) is 4.74 Å². The van der Waals surface area contributed by atoms with E-state index in [-0.39, 0.29) is 11.7 Å². The van der Waals surface area contributed by atoms with Gasteiger partial charge in [-0.1, -0.05) is 38.5 Å². The van der Waals surface area contributed by atoms with E-state index in [9.17, 15) is 5.11 Å². The first kappa shape index (κ1) is 13.9. The molecule has 0 aromatic carbocycles. The van der Waals surface area contributed by atoms with Crippen LogP contribution in [0.2, 0.25) is 0 Å². The number of hydrogen-bond donors (Lipinski definition) is 1. The van der Waals surface area contributed by atoms with Gasteiger partial charge in [0.2, 0.25) is 0 Å². The van der Waals surface area contributed by atoms with Crippen molar-refractivity contribution < 1.29 is 9.84 Å². The summed E-state index contributed by atoms with van der Waals surface area (Å²) in [7, 11) is 0. The minimum atomic E-state index is -0.0300. The summed E-state index contributed by atoms with van der Waals surface area (Å²) in [5.74, 6) is 1.58. The molecule has 19 heavy (non-hydrogen) atoms. The van der Waals surface area contributed by atoms with Gasteiger partial charge in [0, 0.05) is 6.61 Å². The Balaban J connectivity index is 1.63. The molecule has 0 aromatic heterocycles. The zero-order valence-corrected chi connectivity index (χ0v) is 12.3. The van der Waals surface area contributed by atoms with Crippen molar-refractivity contribution in [3.8, 4) is 0 Å². The van der Waals surface area contributed by atoms with E-state index >= 15 is 0 Å². The molecule has 1 spiro atoms. The fourth-order valence-corrected chi connectivity index (χ4v) is 4.81. The van der Waals surface area contributed by atoms with Crippen molar-refractivity contribution in [3.05, 3.63) is 0 Å². The fourth-order valence-electron chi connectivity index (χ4n) is 4.81. The second-order valence-corrected chi connectivity index (χ2v) is 7.28. The molecular formula is C17H30O2. The highest BCUT2D eigenvalue weighted by atomic mass is 16.5. The third-order valence-corrected chi connectivity index (χ3v) is 5.90. The van der Waals surface area contributed by atoms with Crippen LogP contribution in [-0.4, -0.2) is 23.4 Å². The summed E-state index contributed by atoms with van der Waals surface area (Å²) in [6.07, 6.45) is 15.2. The van der Waals surface area contributed by atoms with E-state index in [1.165, 1.54) is 64.2 Å². The molecule has 2 aliphatic carbocycles. The molecule has 3 atom stereocenters. The minimum Gasteiger partial charge on any atom is -0.393 e. The van der Waals surface area contributed by atoms with E-state index < -0.39 is 0 Å². The number of rotatable bonds is 1. The molecule has 3 rings (SSSR count). The molecular weight excluding hydrogens is 236 g/mol. The molecule has 110 valence electrons. The lowest BCUT2D eigenvalue weighted by Gasteiger charge is -2.45. The fraction of sp³-hybridized carbons (Fsp3) is 1.00. The van der Waals surface area contributed by atoms with Crippen molar-refractivity contribution in [2.45, 2.75) is 88.8 Å². The van der Waals surface area contributed by atoms with E-state index in [2.05, 4.69) is 0 Å². The van der Waals surface area contributed by atoms with Gasteiger partial charge >= 0.3 is 0 Å². The van der Waals surface area contributed by atoms with Crippen LogP contribution in [0.5, 0.6) is 0 Å². The molecule has 3 aliphatic rings. The second kappa shape index (κ2) is 6.13.